The van der Waals surface area contributed by atoms with Crippen LogP contribution in [0.3, 0.4) is 0 Å². The summed E-state index contributed by atoms with van der Waals surface area (Å²) in [6.45, 7) is 3.06. The molecule has 0 N–H and O–H groups in total. The van der Waals surface area contributed by atoms with Gasteiger partial charge in [0.2, 0.25) is 0 Å². The number of nitrogens with zero attached hydrogens (tertiary/aromatic N) is 3. The largest absolute Gasteiger partial charge is 0.493 e. The fourth-order valence-electron chi connectivity index (χ4n) is 4.64. The molecule has 0 fully saturated rings. The van der Waals surface area contributed by atoms with Crippen molar-refractivity contribution in [3.8, 4) is 11.5 Å². The van der Waals surface area contributed by atoms with Crippen LogP contribution in [0.25, 0.3) is 0 Å². The highest BCUT2D eigenvalue weighted by Gasteiger charge is 2.50. The van der Waals surface area contributed by atoms with Crippen LogP contribution >= 0.6 is 11.6 Å². The average molecular weight is 434 g/mol. The van der Waals surface area contributed by atoms with Crippen LogP contribution in [0, 0.1) is 0 Å². The van der Waals surface area contributed by atoms with Crippen molar-refractivity contribution in [3.63, 3.8) is 0 Å². The molecule has 0 bridgehead atoms. The van der Waals surface area contributed by atoms with E-state index in [0.29, 0.717) is 10.8 Å². The van der Waals surface area contributed by atoms with Crippen molar-refractivity contribution in [1.29, 1.82) is 0 Å². The third-order valence-electron chi connectivity index (χ3n) is 6.22. The van der Waals surface area contributed by atoms with Crippen LogP contribution in [0.15, 0.2) is 71.8 Å². The number of hydrazone groups is 1. The maximum absolute atomic E-state index is 6.17. The van der Waals surface area contributed by atoms with Crippen molar-refractivity contribution >= 4 is 23.1 Å². The first-order valence-corrected chi connectivity index (χ1v) is 10.7. The maximum atomic E-state index is 6.17. The lowest BCUT2D eigenvalue weighted by molar-refractivity contribution is 0.195. The quantitative estimate of drug-likeness (QED) is 0.561. The second-order valence-corrected chi connectivity index (χ2v) is 8.30. The van der Waals surface area contributed by atoms with Crippen molar-refractivity contribution in [2.24, 2.45) is 5.10 Å². The summed E-state index contributed by atoms with van der Waals surface area (Å²) in [6.07, 6.45) is 0.894. The zero-order valence-electron chi connectivity index (χ0n) is 17.8. The van der Waals surface area contributed by atoms with E-state index < -0.39 is 5.66 Å². The van der Waals surface area contributed by atoms with E-state index in [2.05, 4.69) is 41.1 Å². The van der Waals surface area contributed by atoms with E-state index in [9.17, 15) is 0 Å². The molecule has 2 heterocycles. The maximum Gasteiger partial charge on any atom is 0.161 e. The van der Waals surface area contributed by atoms with Crippen molar-refractivity contribution in [2.45, 2.75) is 19.0 Å². The molecule has 31 heavy (non-hydrogen) atoms. The molecule has 0 saturated heterocycles. The SMILES string of the molecule is COc1cc2c(cc1OC)C1(C)N(CC2)C(c2ccccc2)=NN1c1ccc(Cl)cc1. The van der Waals surface area contributed by atoms with E-state index in [1.165, 1.54) is 5.56 Å². The highest BCUT2D eigenvalue weighted by Crippen LogP contribution is 2.48. The lowest BCUT2D eigenvalue weighted by Gasteiger charge is -2.46. The Morgan fingerprint density at radius 1 is 0.935 bits per heavy atom. The number of rotatable bonds is 4. The van der Waals surface area contributed by atoms with E-state index in [1.807, 2.05) is 42.5 Å². The number of ether oxygens (including phenoxy) is 2. The van der Waals surface area contributed by atoms with Crippen molar-refractivity contribution < 1.29 is 9.47 Å². The van der Waals surface area contributed by atoms with Crippen LogP contribution in [0.2, 0.25) is 5.02 Å². The number of halogens is 1. The van der Waals surface area contributed by atoms with Gasteiger partial charge in [0.25, 0.3) is 0 Å². The van der Waals surface area contributed by atoms with Gasteiger partial charge in [0.15, 0.2) is 23.0 Å². The summed E-state index contributed by atoms with van der Waals surface area (Å²) in [7, 11) is 3.35. The normalized spacial score (nSPS) is 19.5. The Hall–Kier alpha value is -3.18. The summed E-state index contributed by atoms with van der Waals surface area (Å²) in [6, 6.07) is 22.3. The van der Waals surface area contributed by atoms with Crippen molar-refractivity contribution in [3.05, 3.63) is 88.4 Å². The molecule has 3 aromatic carbocycles. The molecule has 0 radical (unpaired) electrons. The minimum Gasteiger partial charge on any atom is -0.493 e. The second kappa shape index (κ2) is 7.50. The van der Waals surface area contributed by atoms with Gasteiger partial charge in [-0.2, -0.15) is 5.10 Å². The number of anilines is 1. The summed E-state index contributed by atoms with van der Waals surface area (Å²) < 4.78 is 11.2. The fraction of sp³-hybridized carbons (Fsp3) is 0.240. The number of amidine groups is 1. The van der Waals surface area contributed by atoms with E-state index in [-0.39, 0.29) is 0 Å². The van der Waals surface area contributed by atoms with Crippen LogP contribution in [-0.4, -0.2) is 31.5 Å². The molecule has 1 unspecified atom stereocenters. The summed E-state index contributed by atoms with van der Waals surface area (Å²) >= 11 is 6.17. The minimum absolute atomic E-state index is 0.522. The van der Waals surface area contributed by atoms with Gasteiger partial charge in [-0.05, 0) is 55.3 Å². The zero-order chi connectivity index (χ0) is 21.6. The molecule has 158 valence electrons. The third kappa shape index (κ3) is 3.03. The van der Waals surface area contributed by atoms with Gasteiger partial charge >= 0.3 is 0 Å². The van der Waals surface area contributed by atoms with Crippen LogP contribution in [-0.2, 0) is 12.1 Å². The minimum atomic E-state index is -0.522. The Labute approximate surface area is 187 Å². The van der Waals surface area contributed by atoms with Gasteiger partial charge in [0.1, 0.15) is 0 Å². The Kier molecular flexibility index (Phi) is 4.78. The number of benzene rings is 3. The lowest BCUT2D eigenvalue weighted by atomic mass is 9.86. The molecule has 6 heteroatoms. The number of hydrogen-bond acceptors (Lipinski definition) is 5. The Bertz CT molecular complexity index is 1150. The third-order valence-corrected chi connectivity index (χ3v) is 6.47. The van der Waals surface area contributed by atoms with E-state index in [0.717, 1.165) is 41.4 Å². The predicted molar refractivity (Wildman–Crippen MR) is 124 cm³/mol. The molecule has 5 rings (SSSR count). The van der Waals surface area contributed by atoms with Crippen LogP contribution in [0.4, 0.5) is 5.69 Å². The smallest absolute Gasteiger partial charge is 0.161 e. The van der Waals surface area contributed by atoms with E-state index in [1.54, 1.807) is 14.2 Å². The lowest BCUT2D eigenvalue weighted by Crippen LogP contribution is -2.54. The summed E-state index contributed by atoms with van der Waals surface area (Å²) in [5.41, 5.74) is 3.94. The standard InChI is InChI=1S/C25H24ClN3O2/c1-25-21-16-23(31-3)22(30-2)15-18(21)13-14-28(25)24(17-7-5-4-6-8-17)27-29(25)20-11-9-19(26)10-12-20/h4-12,15-16H,13-14H2,1-3H3. The Balaban J connectivity index is 1.72. The van der Waals surface area contributed by atoms with Gasteiger partial charge in [-0.25, -0.2) is 5.01 Å². The van der Waals surface area contributed by atoms with E-state index in [4.69, 9.17) is 26.2 Å². The van der Waals surface area contributed by atoms with Crippen LogP contribution < -0.4 is 14.5 Å². The Morgan fingerprint density at radius 2 is 1.61 bits per heavy atom. The van der Waals surface area contributed by atoms with Gasteiger partial charge < -0.3 is 14.4 Å². The molecule has 0 aliphatic carbocycles. The second-order valence-electron chi connectivity index (χ2n) is 7.86. The molecule has 2 aliphatic rings. The molecule has 2 aliphatic heterocycles. The summed E-state index contributed by atoms with van der Waals surface area (Å²) in [5.74, 6) is 2.42. The number of methoxy groups -OCH3 is 2. The fourth-order valence-corrected chi connectivity index (χ4v) is 4.77. The van der Waals surface area contributed by atoms with Crippen molar-refractivity contribution in [1.82, 2.24) is 4.90 Å². The van der Waals surface area contributed by atoms with Crippen LogP contribution in [0.1, 0.15) is 23.6 Å². The van der Waals surface area contributed by atoms with Gasteiger partial charge in [0.05, 0.1) is 19.9 Å². The van der Waals surface area contributed by atoms with Crippen molar-refractivity contribution in [2.75, 3.05) is 25.8 Å². The molecule has 0 aromatic heterocycles. The topological polar surface area (TPSA) is 37.3 Å². The van der Waals surface area contributed by atoms with Gasteiger partial charge in [-0.1, -0.05) is 41.9 Å². The molecule has 0 amide bonds. The first kappa shape index (κ1) is 19.8. The summed E-state index contributed by atoms with van der Waals surface area (Å²) in [5, 5.41) is 7.93. The average Bonchev–Trinajstić information content (AvgIpc) is 3.12. The first-order chi connectivity index (χ1) is 15.1. The Morgan fingerprint density at radius 3 is 2.29 bits per heavy atom. The molecule has 5 nitrogen and oxygen atoms in total. The first-order valence-electron chi connectivity index (χ1n) is 10.3. The molecule has 0 saturated carbocycles. The van der Waals surface area contributed by atoms with Gasteiger partial charge in [0, 0.05) is 22.7 Å². The highest BCUT2D eigenvalue weighted by molar-refractivity contribution is 6.30. The van der Waals surface area contributed by atoms with Gasteiger partial charge in [-0.15, -0.1) is 0 Å². The molecular weight excluding hydrogens is 410 g/mol. The van der Waals surface area contributed by atoms with E-state index >= 15 is 0 Å². The molecule has 0 spiro atoms. The highest BCUT2D eigenvalue weighted by atomic mass is 35.5. The zero-order valence-corrected chi connectivity index (χ0v) is 18.6. The van der Waals surface area contributed by atoms with Crippen LogP contribution in [0.5, 0.6) is 11.5 Å². The number of hydrogen-bond donors (Lipinski definition) is 0. The predicted octanol–water partition coefficient (Wildman–Crippen LogP) is 5.27. The monoisotopic (exact) mass is 433 g/mol. The molecule has 1 atom stereocenters. The molecular formula is C25H24ClN3O2. The van der Waals surface area contributed by atoms with Gasteiger partial charge in [-0.3, -0.25) is 0 Å². The summed E-state index contributed by atoms with van der Waals surface area (Å²) in [4.78, 5) is 2.38. The molecule has 3 aromatic rings. The number of fused-ring (bicyclic) bond motifs is 3.